The lowest BCUT2D eigenvalue weighted by Gasteiger charge is -2.29. The van der Waals surface area contributed by atoms with Crippen molar-refractivity contribution in [1.82, 2.24) is 5.43 Å². The van der Waals surface area contributed by atoms with Gasteiger partial charge in [-0.3, -0.25) is 9.59 Å². The third-order valence-corrected chi connectivity index (χ3v) is 5.51. The van der Waals surface area contributed by atoms with Crippen LogP contribution in [0.15, 0.2) is 47.6 Å². The number of anilines is 2. The second-order valence-corrected chi connectivity index (χ2v) is 7.49. The van der Waals surface area contributed by atoms with Gasteiger partial charge in [-0.1, -0.05) is 18.2 Å². The van der Waals surface area contributed by atoms with Gasteiger partial charge in [-0.2, -0.15) is 5.10 Å². The Morgan fingerprint density at radius 1 is 1.16 bits per heavy atom. The summed E-state index contributed by atoms with van der Waals surface area (Å²) in [6, 6.07) is 13.3. The fraction of sp³-hybridized carbons (Fsp3) is 0.375. The first-order valence-corrected chi connectivity index (χ1v) is 10.8. The van der Waals surface area contributed by atoms with E-state index < -0.39 is 0 Å². The molecule has 2 aromatic carbocycles. The number of aryl methyl sites for hydroxylation is 1. The molecule has 0 unspecified atom stereocenters. The zero-order valence-corrected chi connectivity index (χ0v) is 18.2. The van der Waals surface area contributed by atoms with E-state index in [1.165, 1.54) is 11.8 Å². The maximum Gasteiger partial charge on any atom is 0.240 e. The Bertz CT molecular complexity index is 954. The van der Waals surface area contributed by atoms with Gasteiger partial charge < -0.3 is 14.9 Å². The molecule has 0 radical (unpaired) electrons. The summed E-state index contributed by atoms with van der Waals surface area (Å²) in [4.78, 5) is 28.6. The first kappa shape index (κ1) is 22.3. The van der Waals surface area contributed by atoms with Gasteiger partial charge in [0, 0.05) is 55.5 Å². The topological polar surface area (TPSA) is 85.2 Å². The number of rotatable bonds is 8. The minimum atomic E-state index is -0.339. The van der Waals surface area contributed by atoms with Crippen molar-refractivity contribution in [2.24, 2.45) is 5.10 Å². The van der Waals surface area contributed by atoms with Crippen molar-refractivity contribution in [3.8, 4) is 5.75 Å². The second-order valence-electron chi connectivity index (χ2n) is 7.49. The maximum absolute atomic E-state index is 12.6. The Morgan fingerprint density at radius 3 is 2.68 bits per heavy atom. The first-order chi connectivity index (χ1) is 15.0. The van der Waals surface area contributed by atoms with Crippen LogP contribution in [-0.4, -0.2) is 42.8 Å². The van der Waals surface area contributed by atoms with E-state index in [9.17, 15) is 14.7 Å². The fourth-order valence-corrected chi connectivity index (χ4v) is 3.80. The summed E-state index contributed by atoms with van der Waals surface area (Å²) in [7, 11) is 0. The van der Waals surface area contributed by atoms with Crippen molar-refractivity contribution in [1.29, 1.82) is 0 Å². The number of aromatic hydroxyl groups is 1. The molecule has 0 atom stereocenters. The molecule has 0 aliphatic carbocycles. The molecule has 2 aromatic rings. The van der Waals surface area contributed by atoms with Gasteiger partial charge >= 0.3 is 0 Å². The van der Waals surface area contributed by atoms with Crippen LogP contribution < -0.4 is 15.2 Å². The van der Waals surface area contributed by atoms with Crippen LogP contribution in [0.1, 0.15) is 44.2 Å². The summed E-state index contributed by atoms with van der Waals surface area (Å²) in [5.41, 5.74) is 5.99. The number of nitrogens with zero attached hydrogens (tertiary/aromatic N) is 3. The van der Waals surface area contributed by atoms with E-state index in [2.05, 4.69) is 29.3 Å². The predicted octanol–water partition coefficient (Wildman–Crippen LogP) is 3.45. The van der Waals surface area contributed by atoms with E-state index in [4.69, 9.17) is 0 Å². The van der Waals surface area contributed by atoms with Crippen molar-refractivity contribution in [2.45, 2.75) is 39.5 Å². The Labute approximate surface area is 183 Å². The van der Waals surface area contributed by atoms with E-state index in [1.807, 2.05) is 30.3 Å². The minimum absolute atomic E-state index is 0.0573. The van der Waals surface area contributed by atoms with Crippen LogP contribution in [0.4, 0.5) is 11.4 Å². The highest BCUT2D eigenvalue weighted by Gasteiger charge is 2.22. The smallest absolute Gasteiger partial charge is 0.240 e. The molecule has 7 nitrogen and oxygen atoms in total. The largest absolute Gasteiger partial charge is 0.507 e. The Balaban J connectivity index is 1.51. The Kier molecular flexibility index (Phi) is 7.65. The molecule has 1 heterocycles. The third-order valence-electron chi connectivity index (χ3n) is 5.51. The van der Waals surface area contributed by atoms with Crippen LogP contribution in [0.5, 0.6) is 5.75 Å². The van der Waals surface area contributed by atoms with E-state index in [0.717, 1.165) is 37.3 Å². The average molecular weight is 423 g/mol. The van der Waals surface area contributed by atoms with E-state index in [-0.39, 0.29) is 30.4 Å². The van der Waals surface area contributed by atoms with Gasteiger partial charge in [0.25, 0.3) is 0 Å². The number of amides is 2. The molecular weight excluding hydrogens is 392 g/mol. The lowest BCUT2D eigenvalue weighted by atomic mass is 10.0. The van der Waals surface area contributed by atoms with Crippen molar-refractivity contribution >= 4 is 29.4 Å². The monoisotopic (exact) mass is 422 g/mol. The number of nitrogens with one attached hydrogen (secondary N) is 1. The van der Waals surface area contributed by atoms with E-state index in [1.54, 1.807) is 17.0 Å². The molecule has 1 aliphatic rings. The number of fused-ring (bicyclic) bond motifs is 1. The Hall–Kier alpha value is -3.35. The number of carbonyl (C=O) groups excluding carboxylic acids is 2. The second kappa shape index (κ2) is 10.6. The van der Waals surface area contributed by atoms with Crippen LogP contribution in [0.25, 0.3) is 0 Å². The van der Waals surface area contributed by atoms with Gasteiger partial charge in [-0.15, -0.1) is 0 Å². The lowest BCUT2D eigenvalue weighted by molar-refractivity contribution is -0.125. The van der Waals surface area contributed by atoms with Gasteiger partial charge in [0.05, 0.1) is 6.21 Å². The van der Waals surface area contributed by atoms with Crippen LogP contribution in [0, 0.1) is 0 Å². The number of para-hydroxylation sites is 1. The highest BCUT2D eigenvalue weighted by molar-refractivity contribution is 5.96. The summed E-state index contributed by atoms with van der Waals surface area (Å²) in [6.07, 6.45) is 3.48. The summed E-state index contributed by atoms with van der Waals surface area (Å²) in [6.45, 7) is 6.49. The van der Waals surface area contributed by atoms with Crippen molar-refractivity contribution in [2.75, 3.05) is 29.4 Å². The van der Waals surface area contributed by atoms with E-state index in [0.29, 0.717) is 12.1 Å². The Morgan fingerprint density at radius 2 is 1.94 bits per heavy atom. The van der Waals surface area contributed by atoms with Crippen LogP contribution in [0.3, 0.4) is 0 Å². The molecule has 0 fully saturated rings. The van der Waals surface area contributed by atoms with Crippen molar-refractivity contribution in [3.63, 3.8) is 0 Å². The molecule has 0 spiro atoms. The first-order valence-electron chi connectivity index (χ1n) is 10.8. The molecule has 0 saturated carbocycles. The van der Waals surface area contributed by atoms with Gasteiger partial charge in [0.2, 0.25) is 11.8 Å². The molecule has 2 amide bonds. The highest BCUT2D eigenvalue weighted by Crippen LogP contribution is 2.27. The minimum Gasteiger partial charge on any atom is -0.507 e. The number of phenolic OH excluding ortho intramolecular Hbond substituents is 1. The molecule has 164 valence electrons. The standard InChI is InChI=1S/C24H30N4O3/c1-3-27(4-2)20-12-11-19(22(29)16-20)17-25-26-23(30)13-14-24(31)28-15-7-9-18-8-5-6-10-21(18)28/h5-6,8,10-12,16-17,29H,3-4,7,9,13-15H2,1-2H3,(H,26,30). The molecule has 7 heteroatoms. The maximum atomic E-state index is 12.6. The average Bonchev–Trinajstić information content (AvgIpc) is 2.79. The third kappa shape index (κ3) is 5.63. The number of hydrazone groups is 1. The molecule has 0 bridgehead atoms. The summed E-state index contributed by atoms with van der Waals surface area (Å²) in [5, 5.41) is 14.1. The van der Waals surface area contributed by atoms with Gasteiger partial charge in [-0.05, 0) is 50.5 Å². The number of phenols is 1. The zero-order valence-electron chi connectivity index (χ0n) is 18.2. The quantitative estimate of drug-likeness (QED) is 0.504. The fourth-order valence-electron chi connectivity index (χ4n) is 3.80. The highest BCUT2D eigenvalue weighted by atomic mass is 16.3. The normalized spacial score (nSPS) is 13.2. The molecule has 2 N–H and O–H groups in total. The predicted molar refractivity (Wildman–Crippen MR) is 124 cm³/mol. The number of hydrogen-bond donors (Lipinski definition) is 2. The lowest BCUT2D eigenvalue weighted by Crippen LogP contribution is -2.36. The van der Waals surface area contributed by atoms with Crippen LogP contribution in [0.2, 0.25) is 0 Å². The van der Waals surface area contributed by atoms with E-state index >= 15 is 0 Å². The zero-order chi connectivity index (χ0) is 22.2. The van der Waals surface area contributed by atoms with Crippen molar-refractivity contribution in [3.05, 3.63) is 53.6 Å². The molecule has 1 aliphatic heterocycles. The van der Waals surface area contributed by atoms with Gasteiger partial charge in [0.1, 0.15) is 5.75 Å². The number of hydrogen-bond acceptors (Lipinski definition) is 5. The molecule has 0 aromatic heterocycles. The van der Waals surface area contributed by atoms with Gasteiger partial charge in [0.15, 0.2) is 0 Å². The molecule has 3 rings (SSSR count). The SMILES string of the molecule is CCN(CC)c1ccc(C=NNC(=O)CCC(=O)N2CCCc3ccccc32)c(O)c1. The molecular formula is C24H30N4O3. The van der Waals surface area contributed by atoms with Gasteiger partial charge in [-0.25, -0.2) is 5.43 Å². The van der Waals surface area contributed by atoms with Crippen molar-refractivity contribution < 1.29 is 14.7 Å². The van der Waals surface area contributed by atoms with Crippen LogP contribution >= 0.6 is 0 Å². The summed E-state index contributed by atoms with van der Waals surface area (Å²) in [5.74, 6) is -0.300. The number of benzene rings is 2. The van der Waals surface area contributed by atoms with Crippen LogP contribution in [-0.2, 0) is 16.0 Å². The molecule has 31 heavy (non-hydrogen) atoms. The summed E-state index contributed by atoms with van der Waals surface area (Å²) < 4.78 is 0. The molecule has 0 saturated heterocycles. The number of carbonyl (C=O) groups is 2. The summed E-state index contributed by atoms with van der Waals surface area (Å²) >= 11 is 0.